The number of halogens is 2. The number of benzene rings is 1. The minimum Gasteiger partial charge on any atom is -0.205 e. The van der Waals surface area contributed by atoms with E-state index in [9.17, 15) is 4.39 Å². The van der Waals surface area contributed by atoms with Gasteiger partial charge >= 0.3 is 0 Å². The van der Waals surface area contributed by atoms with Gasteiger partial charge in [-0.25, -0.2) is 4.39 Å². The molecule has 0 atom stereocenters. The molecule has 1 heterocycles. The zero-order valence-corrected chi connectivity index (χ0v) is 7.05. The van der Waals surface area contributed by atoms with Crippen LogP contribution >= 0.6 is 22.9 Å². The first kappa shape index (κ1) is 7.07. The van der Waals surface area contributed by atoms with E-state index in [1.54, 1.807) is 11.4 Å². The molecule has 0 radical (unpaired) electrons. The Morgan fingerprint density at radius 3 is 2.91 bits per heavy atom. The van der Waals surface area contributed by atoms with Gasteiger partial charge in [0.15, 0.2) is 0 Å². The van der Waals surface area contributed by atoms with Gasteiger partial charge in [0, 0.05) is 10.8 Å². The van der Waals surface area contributed by atoms with Crippen LogP contribution in [0.1, 0.15) is 0 Å². The quantitative estimate of drug-likeness (QED) is 0.589. The summed E-state index contributed by atoms with van der Waals surface area (Å²) in [6.07, 6.45) is 0. The molecule has 56 valence electrons. The highest BCUT2D eigenvalue weighted by molar-refractivity contribution is 7.09. The van der Waals surface area contributed by atoms with Crippen molar-refractivity contribution in [2.45, 2.75) is 0 Å². The fourth-order valence-corrected chi connectivity index (χ4v) is 1.94. The van der Waals surface area contributed by atoms with Crippen molar-refractivity contribution in [2.75, 3.05) is 0 Å². The Bertz CT molecular complexity index is 394. The van der Waals surface area contributed by atoms with Gasteiger partial charge in [-0.3, -0.25) is 0 Å². The van der Waals surface area contributed by atoms with Crippen LogP contribution in [0.15, 0.2) is 22.9 Å². The summed E-state index contributed by atoms with van der Waals surface area (Å²) < 4.78 is 13.1. The summed E-state index contributed by atoms with van der Waals surface area (Å²) in [5.41, 5.74) is 0. The molecule has 0 spiro atoms. The molecule has 0 fully saturated rings. The molecule has 0 aliphatic rings. The van der Waals surface area contributed by atoms with E-state index in [1.165, 1.54) is 11.3 Å². The molecule has 0 amide bonds. The Morgan fingerprint density at radius 2 is 2.09 bits per heavy atom. The smallest absolute Gasteiger partial charge is 0.150 e. The van der Waals surface area contributed by atoms with Crippen molar-refractivity contribution in [3.05, 3.63) is 33.7 Å². The fourth-order valence-electron chi connectivity index (χ4n) is 0.979. The van der Waals surface area contributed by atoms with E-state index < -0.39 is 0 Å². The summed E-state index contributed by atoms with van der Waals surface area (Å²) in [5.74, 6) is -0.314. The molecule has 0 aliphatic heterocycles. The van der Waals surface area contributed by atoms with E-state index in [4.69, 9.17) is 11.6 Å². The largest absolute Gasteiger partial charge is 0.205 e. The van der Waals surface area contributed by atoms with Crippen LogP contribution < -0.4 is 0 Å². The highest BCUT2D eigenvalue weighted by atomic mass is 35.5. The zero-order valence-electron chi connectivity index (χ0n) is 5.47. The number of hydrogen-bond donors (Lipinski definition) is 0. The Kier molecular flexibility index (Phi) is 1.59. The highest BCUT2D eigenvalue weighted by Gasteiger charge is 2.04. The monoisotopic (exact) mass is 186 g/mol. The molecule has 3 heteroatoms. The van der Waals surface area contributed by atoms with E-state index in [0.717, 1.165) is 5.39 Å². The molecule has 0 bridgehead atoms. The first-order valence-corrected chi connectivity index (χ1v) is 4.41. The lowest BCUT2D eigenvalue weighted by Gasteiger charge is -1.93. The predicted octanol–water partition coefficient (Wildman–Crippen LogP) is 3.69. The van der Waals surface area contributed by atoms with Crippen molar-refractivity contribution in [3.8, 4) is 0 Å². The van der Waals surface area contributed by atoms with E-state index in [1.807, 2.05) is 11.4 Å². The molecule has 0 nitrogen and oxygen atoms in total. The van der Waals surface area contributed by atoms with E-state index >= 15 is 0 Å². The molecule has 0 saturated heterocycles. The van der Waals surface area contributed by atoms with E-state index in [-0.39, 0.29) is 10.8 Å². The van der Waals surface area contributed by atoms with Gasteiger partial charge < -0.3 is 0 Å². The van der Waals surface area contributed by atoms with E-state index in [2.05, 4.69) is 0 Å². The maximum Gasteiger partial charge on any atom is 0.150 e. The molecule has 2 rings (SSSR count). The molecular weight excluding hydrogens is 183 g/mol. The highest BCUT2D eigenvalue weighted by Crippen LogP contribution is 2.26. The van der Waals surface area contributed by atoms with Crippen LogP contribution in [0.25, 0.3) is 10.8 Å². The van der Waals surface area contributed by atoms with Crippen LogP contribution in [0.5, 0.6) is 0 Å². The lowest BCUT2D eigenvalue weighted by molar-refractivity contribution is 0.640. The maximum absolute atomic E-state index is 13.1. The second-order valence-electron chi connectivity index (χ2n) is 2.24. The second-order valence-corrected chi connectivity index (χ2v) is 3.39. The Hall–Kier alpha value is -0.600. The summed E-state index contributed by atoms with van der Waals surface area (Å²) in [7, 11) is 0. The van der Waals surface area contributed by atoms with Crippen molar-refractivity contribution in [2.24, 2.45) is 0 Å². The number of rotatable bonds is 0. The van der Waals surface area contributed by atoms with Crippen molar-refractivity contribution in [3.63, 3.8) is 0 Å². The van der Waals surface area contributed by atoms with Gasteiger partial charge in [0.05, 0.1) is 5.02 Å². The topological polar surface area (TPSA) is 0 Å². The van der Waals surface area contributed by atoms with Crippen molar-refractivity contribution >= 4 is 33.7 Å². The predicted molar refractivity (Wildman–Crippen MR) is 46.8 cm³/mol. The average molecular weight is 187 g/mol. The van der Waals surface area contributed by atoms with Gasteiger partial charge in [0.2, 0.25) is 0 Å². The third-order valence-electron chi connectivity index (χ3n) is 1.55. The lowest BCUT2D eigenvalue weighted by atomic mass is 10.2. The van der Waals surface area contributed by atoms with Gasteiger partial charge in [0.25, 0.3) is 0 Å². The Morgan fingerprint density at radius 1 is 1.27 bits per heavy atom. The van der Waals surface area contributed by atoms with Crippen LogP contribution in [0.2, 0.25) is 5.02 Å². The van der Waals surface area contributed by atoms with Gasteiger partial charge in [-0.05, 0) is 16.8 Å². The van der Waals surface area contributed by atoms with Gasteiger partial charge in [-0.15, -0.1) is 0 Å². The van der Waals surface area contributed by atoms with Crippen molar-refractivity contribution in [1.29, 1.82) is 0 Å². The number of thiophene rings is 1. The summed E-state index contributed by atoms with van der Waals surface area (Å²) in [6, 6.07) is 3.39. The SMILES string of the molecule is Fc1c(Cl)ccc2cscc12. The number of fused-ring (bicyclic) bond motifs is 1. The minimum absolute atomic E-state index is 0.191. The maximum atomic E-state index is 13.1. The number of hydrogen-bond acceptors (Lipinski definition) is 1. The molecule has 0 aliphatic carbocycles. The van der Waals surface area contributed by atoms with Gasteiger partial charge in [-0.2, -0.15) is 11.3 Å². The molecule has 0 N–H and O–H groups in total. The molecule has 0 saturated carbocycles. The lowest BCUT2D eigenvalue weighted by Crippen LogP contribution is -1.75. The summed E-state index contributed by atoms with van der Waals surface area (Å²) in [6.45, 7) is 0. The van der Waals surface area contributed by atoms with Crippen molar-refractivity contribution in [1.82, 2.24) is 0 Å². The van der Waals surface area contributed by atoms with Crippen LogP contribution in [-0.4, -0.2) is 0 Å². The molecule has 11 heavy (non-hydrogen) atoms. The van der Waals surface area contributed by atoms with Crippen LogP contribution in [0.4, 0.5) is 4.39 Å². The third kappa shape index (κ3) is 1.03. The minimum atomic E-state index is -0.314. The summed E-state index contributed by atoms with van der Waals surface area (Å²) in [5, 5.41) is 5.38. The summed E-state index contributed by atoms with van der Waals surface area (Å²) in [4.78, 5) is 0. The van der Waals surface area contributed by atoms with Gasteiger partial charge in [0.1, 0.15) is 5.82 Å². The first-order chi connectivity index (χ1) is 5.29. The first-order valence-electron chi connectivity index (χ1n) is 3.09. The Balaban J connectivity index is 2.93. The second kappa shape index (κ2) is 2.47. The molecule has 2 aromatic rings. The third-order valence-corrected chi connectivity index (χ3v) is 2.60. The fraction of sp³-hybridized carbons (Fsp3) is 0. The Labute approximate surface area is 72.2 Å². The molecular formula is C8H4ClFS. The van der Waals surface area contributed by atoms with E-state index in [0.29, 0.717) is 5.39 Å². The summed E-state index contributed by atoms with van der Waals surface area (Å²) >= 11 is 7.05. The van der Waals surface area contributed by atoms with Crippen LogP contribution in [0.3, 0.4) is 0 Å². The standard InChI is InChI=1S/C8H4ClFS/c9-7-2-1-5-3-11-4-6(5)8(7)10/h1-4H. The van der Waals surface area contributed by atoms with Crippen LogP contribution in [-0.2, 0) is 0 Å². The molecule has 1 aromatic heterocycles. The normalized spacial score (nSPS) is 10.7. The average Bonchev–Trinajstić information content (AvgIpc) is 2.45. The van der Waals surface area contributed by atoms with Crippen molar-refractivity contribution < 1.29 is 4.39 Å². The molecule has 1 aromatic carbocycles. The zero-order chi connectivity index (χ0) is 7.84. The molecule has 0 unspecified atom stereocenters. The van der Waals surface area contributed by atoms with Crippen LogP contribution in [0, 0.1) is 5.82 Å². The van der Waals surface area contributed by atoms with Gasteiger partial charge in [-0.1, -0.05) is 17.7 Å².